The second-order valence-electron chi connectivity index (χ2n) is 5.05. The van der Waals surface area contributed by atoms with Gasteiger partial charge in [-0.1, -0.05) is 6.92 Å². The van der Waals surface area contributed by atoms with Gasteiger partial charge in [-0.05, 0) is 36.7 Å². The van der Waals surface area contributed by atoms with Crippen LogP contribution in [-0.4, -0.2) is 36.2 Å². The van der Waals surface area contributed by atoms with Gasteiger partial charge in [-0.25, -0.2) is 13.1 Å². The van der Waals surface area contributed by atoms with E-state index in [9.17, 15) is 8.42 Å². The van der Waals surface area contributed by atoms with Gasteiger partial charge in [0.1, 0.15) is 4.90 Å². The maximum Gasteiger partial charge on any atom is 0.245 e. The summed E-state index contributed by atoms with van der Waals surface area (Å²) in [6.45, 7) is 3.16. The monoisotopic (exact) mass is 318 g/mol. The van der Waals surface area contributed by atoms with Crippen molar-refractivity contribution in [3.63, 3.8) is 0 Å². The Labute approximate surface area is 124 Å². The third-order valence-electron chi connectivity index (χ3n) is 3.40. The molecule has 0 radical (unpaired) electrons. The highest BCUT2D eigenvalue weighted by Gasteiger charge is 2.23. The zero-order valence-electron chi connectivity index (χ0n) is 11.7. The summed E-state index contributed by atoms with van der Waals surface area (Å²) in [4.78, 5) is 0.0936. The smallest absolute Gasteiger partial charge is 0.245 e. The van der Waals surface area contributed by atoms with Gasteiger partial charge in [0.15, 0.2) is 5.82 Å². The van der Waals surface area contributed by atoms with E-state index in [1.165, 1.54) is 6.20 Å². The normalized spacial score (nSPS) is 17.4. The van der Waals surface area contributed by atoms with Crippen LogP contribution in [0.1, 0.15) is 26.2 Å². The van der Waals surface area contributed by atoms with E-state index in [4.69, 9.17) is 5.73 Å². The fourth-order valence-corrected chi connectivity index (χ4v) is 4.62. The van der Waals surface area contributed by atoms with Crippen LogP contribution < -0.4 is 10.5 Å². The first-order valence-electron chi connectivity index (χ1n) is 6.93. The van der Waals surface area contributed by atoms with Crippen LogP contribution in [0.4, 0.5) is 5.82 Å². The lowest BCUT2D eigenvalue weighted by molar-refractivity contribution is 0.476. The number of sulfonamides is 1. The second-order valence-corrected chi connectivity index (χ2v) is 8.01. The lowest BCUT2D eigenvalue weighted by atomic mass is 10.0. The van der Waals surface area contributed by atoms with E-state index in [1.54, 1.807) is 4.68 Å². The Kier molecular flexibility index (Phi) is 5.34. The Morgan fingerprint density at radius 1 is 1.50 bits per heavy atom. The fourth-order valence-electron chi connectivity index (χ4n) is 2.22. The number of anilines is 1. The third-order valence-corrected chi connectivity index (χ3v) is 5.89. The number of nitrogens with one attached hydrogen (secondary N) is 1. The van der Waals surface area contributed by atoms with Crippen LogP contribution >= 0.6 is 11.8 Å². The molecule has 0 bridgehead atoms. The van der Waals surface area contributed by atoms with Gasteiger partial charge in [-0.15, -0.1) is 0 Å². The molecule has 1 aliphatic heterocycles. The van der Waals surface area contributed by atoms with Crippen LogP contribution in [0.25, 0.3) is 0 Å². The first-order valence-corrected chi connectivity index (χ1v) is 9.57. The first-order chi connectivity index (χ1) is 9.53. The summed E-state index contributed by atoms with van der Waals surface area (Å²) in [6, 6.07) is 0. The maximum atomic E-state index is 12.3. The average Bonchev–Trinajstić information content (AvgIpc) is 2.80. The molecule has 20 heavy (non-hydrogen) atoms. The Morgan fingerprint density at radius 3 is 2.85 bits per heavy atom. The number of thioether (sulfide) groups is 1. The van der Waals surface area contributed by atoms with E-state index in [1.807, 2.05) is 18.7 Å². The molecule has 0 spiro atoms. The Bertz CT molecular complexity index is 536. The molecule has 2 heterocycles. The van der Waals surface area contributed by atoms with Gasteiger partial charge in [0.25, 0.3) is 0 Å². The van der Waals surface area contributed by atoms with Gasteiger partial charge in [0, 0.05) is 19.3 Å². The maximum absolute atomic E-state index is 12.3. The molecular weight excluding hydrogens is 296 g/mol. The van der Waals surface area contributed by atoms with Crippen LogP contribution in [-0.2, 0) is 16.6 Å². The van der Waals surface area contributed by atoms with E-state index in [2.05, 4.69) is 9.82 Å². The number of aryl methyl sites for hydroxylation is 1. The Morgan fingerprint density at radius 2 is 2.20 bits per heavy atom. The summed E-state index contributed by atoms with van der Waals surface area (Å²) >= 11 is 1.93. The Hall–Kier alpha value is -0.730. The van der Waals surface area contributed by atoms with Crippen molar-refractivity contribution in [3.8, 4) is 0 Å². The number of hydrogen-bond acceptors (Lipinski definition) is 5. The van der Waals surface area contributed by atoms with E-state index in [0.29, 0.717) is 19.0 Å². The zero-order valence-corrected chi connectivity index (χ0v) is 13.3. The minimum atomic E-state index is -3.55. The zero-order chi connectivity index (χ0) is 14.6. The number of aromatic nitrogens is 2. The lowest BCUT2D eigenvalue weighted by Gasteiger charge is -2.21. The van der Waals surface area contributed by atoms with Crippen LogP contribution in [0, 0.1) is 5.92 Å². The molecule has 6 nitrogen and oxygen atoms in total. The van der Waals surface area contributed by atoms with E-state index < -0.39 is 10.0 Å². The lowest BCUT2D eigenvalue weighted by Crippen LogP contribution is -2.31. The van der Waals surface area contributed by atoms with E-state index >= 15 is 0 Å². The highest BCUT2D eigenvalue weighted by molar-refractivity contribution is 7.99. The van der Waals surface area contributed by atoms with Crippen molar-refractivity contribution in [1.82, 2.24) is 14.5 Å². The summed E-state index contributed by atoms with van der Waals surface area (Å²) in [5.74, 6) is 2.73. The number of nitrogens with zero attached hydrogens (tertiary/aromatic N) is 2. The summed E-state index contributed by atoms with van der Waals surface area (Å²) in [5.41, 5.74) is 5.71. The minimum absolute atomic E-state index is 0.0742. The van der Waals surface area contributed by atoms with Crippen molar-refractivity contribution in [1.29, 1.82) is 0 Å². The Balaban J connectivity index is 2.01. The summed E-state index contributed by atoms with van der Waals surface area (Å²) < 4.78 is 28.8. The van der Waals surface area contributed by atoms with E-state index in [-0.39, 0.29) is 10.7 Å². The molecule has 1 saturated heterocycles. The predicted octanol–water partition coefficient (Wildman–Crippen LogP) is 1.30. The standard InChI is InChI=1S/C12H22N4O2S2/c1-2-5-16-9-11(12(13)15-16)20(17,18)14-8-10-3-6-19-7-4-10/h9-10,14H,2-8H2,1H3,(H2,13,15). The third kappa shape index (κ3) is 3.89. The fraction of sp³-hybridized carbons (Fsp3) is 0.750. The van der Waals surface area contributed by atoms with Crippen LogP contribution in [0.2, 0.25) is 0 Å². The number of hydrogen-bond donors (Lipinski definition) is 2. The summed E-state index contributed by atoms with van der Waals surface area (Å²) in [7, 11) is -3.55. The molecule has 0 amide bonds. The van der Waals surface area contributed by atoms with Gasteiger partial charge < -0.3 is 5.73 Å². The molecule has 1 aromatic rings. The van der Waals surface area contributed by atoms with Crippen molar-refractivity contribution in [2.24, 2.45) is 5.92 Å². The number of nitrogens with two attached hydrogens (primary N) is 1. The SMILES string of the molecule is CCCn1cc(S(=O)(=O)NCC2CCSCC2)c(N)n1. The molecule has 2 rings (SSSR count). The molecule has 0 unspecified atom stereocenters. The average molecular weight is 318 g/mol. The number of rotatable bonds is 6. The van der Waals surface area contributed by atoms with Crippen molar-refractivity contribution < 1.29 is 8.42 Å². The van der Waals surface area contributed by atoms with Gasteiger partial charge in [-0.2, -0.15) is 16.9 Å². The summed E-state index contributed by atoms with van der Waals surface area (Å²) in [6.07, 6.45) is 4.53. The molecule has 0 atom stereocenters. The van der Waals surface area contributed by atoms with E-state index in [0.717, 1.165) is 30.8 Å². The highest BCUT2D eigenvalue weighted by Crippen LogP contribution is 2.23. The van der Waals surface area contributed by atoms with Crippen molar-refractivity contribution in [2.45, 2.75) is 37.6 Å². The van der Waals surface area contributed by atoms with Gasteiger partial charge in [-0.3, -0.25) is 4.68 Å². The molecule has 0 aliphatic carbocycles. The molecule has 1 fully saturated rings. The molecule has 3 N–H and O–H groups in total. The molecule has 1 aromatic heterocycles. The van der Waals surface area contributed by atoms with Crippen LogP contribution in [0.15, 0.2) is 11.1 Å². The molecular formula is C12H22N4O2S2. The second kappa shape index (κ2) is 6.82. The van der Waals surface area contributed by atoms with Gasteiger partial charge in [0.2, 0.25) is 10.0 Å². The topological polar surface area (TPSA) is 90.0 Å². The first kappa shape index (κ1) is 15.7. The predicted molar refractivity (Wildman–Crippen MR) is 82.2 cm³/mol. The molecule has 0 saturated carbocycles. The molecule has 0 aromatic carbocycles. The molecule has 114 valence electrons. The van der Waals surface area contributed by atoms with Crippen molar-refractivity contribution >= 4 is 27.6 Å². The van der Waals surface area contributed by atoms with Crippen LogP contribution in [0.5, 0.6) is 0 Å². The molecule has 8 heteroatoms. The van der Waals surface area contributed by atoms with Crippen LogP contribution in [0.3, 0.4) is 0 Å². The van der Waals surface area contributed by atoms with Gasteiger partial charge in [0.05, 0.1) is 0 Å². The van der Waals surface area contributed by atoms with Crippen molar-refractivity contribution in [2.75, 3.05) is 23.8 Å². The largest absolute Gasteiger partial charge is 0.381 e. The van der Waals surface area contributed by atoms with Crippen molar-refractivity contribution in [3.05, 3.63) is 6.20 Å². The minimum Gasteiger partial charge on any atom is -0.381 e. The quantitative estimate of drug-likeness (QED) is 0.825. The van der Waals surface area contributed by atoms with Gasteiger partial charge >= 0.3 is 0 Å². The highest BCUT2D eigenvalue weighted by atomic mass is 32.2. The number of nitrogen functional groups attached to an aromatic ring is 1. The summed E-state index contributed by atoms with van der Waals surface area (Å²) in [5, 5.41) is 4.03. The molecule has 1 aliphatic rings.